The van der Waals surface area contributed by atoms with E-state index in [1.807, 2.05) is 0 Å². The van der Waals surface area contributed by atoms with E-state index in [4.69, 9.17) is 4.42 Å². The van der Waals surface area contributed by atoms with Crippen LogP contribution in [0.25, 0.3) is 109 Å². The average molecular weight is 981 g/mol. The molecule has 0 N–H and O–H groups in total. The van der Waals surface area contributed by atoms with Crippen LogP contribution in [0.15, 0.2) is 296 Å². The lowest BCUT2D eigenvalue weighted by Crippen LogP contribution is -2.12. The van der Waals surface area contributed by atoms with Gasteiger partial charge in [0.15, 0.2) is 0 Å². The van der Waals surface area contributed by atoms with Crippen molar-refractivity contribution in [2.75, 3.05) is 9.80 Å². The highest BCUT2D eigenvalue weighted by atomic mass is 16.3. The molecule has 1 heterocycles. The SMILES string of the molecule is c1ccc(-c2ccc(N(c3ccccc3)c3ccc(-c4c5ccccc5c(N(c5ccc(-c6ccccc6)cc5)c5cc6oc7ccc8ccccc8c7c6c6ccccc56)c5ccccc45)c4ccccc34)cc2)cc1. The fraction of sp³-hybridized carbons (Fsp3) is 0. The van der Waals surface area contributed by atoms with Crippen molar-refractivity contribution in [2.24, 2.45) is 0 Å². The van der Waals surface area contributed by atoms with E-state index in [-0.39, 0.29) is 0 Å². The molecule has 3 heteroatoms. The number of hydrogen-bond donors (Lipinski definition) is 0. The first-order chi connectivity index (χ1) is 38.2. The third kappa shape index (κ3) is 7.35. The van der Waals surface area contributed by atoms with Gasteiger partial charge in [-0.1, -0.05) is 237 Å². The van der Waals surface area contributed by atoms with Crippen molar-refractivity contribution in [1.82, 2.24) is 0 Å². The lowest BCUT2D eigenvalue weighted by molar-refractivity contribution is 0.669. The summed E-state index contributed by atoms with van der Waals surface area (Å²) in [6.45, 7) is 0. The second-order valence-corrected chi connectivity index (χ2v) is 19.9. The smallest absolute Gasteiger partial charge is 0.138 e. The highest BCUT2D eigenvalue weighted by Crippen LogP contribution is 2.53. The second kappa shape index (κ2) is 18.3. The Kier molecular flexibility index (Phi) is 10.5. The molecule has 0 spiro atoms. The van der Waals surface area contributed by atoms with E-state index >= 15 is 0 Å². The summed E-state index contributed by atoms with van der Waals surface area (Å²) in [6, 6.07) is 106. The minimum absolute atomic E-state index is 0.851. The third-order valence-electron chi connectivity index (χ3n) is 15.6. The van der Waals surface area contributed by atoms with E-state index in [1.165, 1.54) is 54.7 Å². The molecule has 0 atom stereocenters. The van der Waals surface area contributed by atoms with E-state index in [2.05, 4.69) is 301 Å². The van der Waals surface area contributed by atoms with Gasteiger partial charge in [0, 0.05) is 55.4 Å². The van der Waals surface area contributed by atoms with E-state index in [9.17, 15) is 0 Å². The molecule has 0 radical (unpaired) electrons. The highest BCUT2D eigenvalue weighted by Gasteiger charge is 2.27. The summed E-state index contributed by atoms with van der Waals surface area (Å²) in [6.07, 6.45) is 0. The largest absolute Gasteiger partial charge is 0.456 e. The Balaban J connectivity index is 0.977. The van der Waals surface area contributed by atoms with Gasteiger partial charge in [0.25, 0.3) is 0 Å². The van der Waals surface area contributed by atoms with Gasteiger partial charge in [0.1, 0.15) is 11.2 Å². The van der Waals surface area contributed by atoms with Crippen molar-refractivity contribution in [2.45, 2.75) is 0 Å². The van der Waals surface area contributed by atoms with Crippen molar-refractivity contribution in [1.29, 1.82) is 0 Å². The van der Waals surface area contributed by atoms with Crippen molar-refractivity contribution < 1.29 is 4.42 Å². The van der Waals surface area contributed by atoms with Gasteiger partial charge in [-0.25, -0.2) is 0 Å². The van der Waals surface area contributed by atoms with E-state index in [0.717, 1.165) is 88.6 Å². The summed E-state index contributed by atoms with van der Waals surface area (Å²) in [5.74, 6) is 0. The number of fused-ring (bicyclic) bond motifs is 10. The minimum atomic E-state index is 0.851. The van der Waals surface area contributed by atoms with Crippen molar-refractivity contribution in [3.63, 3.8) is 0 Å². The molecular formula is C74H48N2O. The molecule has 0 aliphatic carbocycles. The standard InChI is InChI=1S/C74H48N2O/c1-4-20-49(21-5-1)51-36-41-55(42-37-51)75(54-25-8-3-9-26-54)67-46-45-64(58-28-12-13-29-59(58)67)71-62-32-16-18-34-65(62)74(66-35-19-17-33-63(66)71)76(56-43-38-52(39-44-56)50-22-6-2-7-23-50)68-48-70-73(61-31-15-14-30-60(61)68)72-57-27-11-10-24-53(57)40-47-69(72)77-70/h1-48H. The maximum atomic E-state index is 6.98. The van der Waals surface area contributed by atoms with Crippen LogP contribution in [-0.2, 0) is 0 Å². The number of benzene rings is 14. The monoisotopic (exact) mass is 980 g/mol. The third-order valence-corrected chi connectivity index (χ3v) is 15.6. The zero-order chi connectivity index (χ0) is 50.8. The second-order valence-electron chi connectivity index (χ2n) is 19.9. The molecule has 14 aromatic carbocycles. The van der Waals surface area contributed by atoms with Gasteiger partial charge in [-0.15, -0.1) is 0 Å². The zero-order valence-electron chi connectivity index (χ0n) is 42.0. The summed E-state index contributed by atoms with van der Waals surface area (Å²) in [7, 11) is 0. The number of para-hydroxylation sites is 1. The Labute approximate surface area is 446 Å². The Morgan fingerprint density at radius 1 is 0.247 bits per heavy atom. The Morgan fingerprint density at radius 3 is 1.27 bits per heavy atom. The predicted octanol–water partition coefficient (Wildman–Crippen LogP) is 21.3. The number of hydrogen-bond acceptors (Lipinski definition) is 3. The van der Waals surface area contributed by atoms with E-state index < -0.39 is 0 Å². The molecule has 0 saturated carbocycles. The normalized spacial score (nSPS) is 11.6. The maximum Gasteiger partial charge on any atom is 0.138 e. The van der Waals surface area contributed by atoms with Gasteiger partial charge < -0.3 is 14.2 Å². The van der Waals surface area contributed by atoms with Crippen LogP contribution in [0.3, 0.4) is 0 Å². The van der Waals surface area contributed by atoms with Crippen LogP contribution in [-0.4, -0.2) is 0 Å². The number of rotatable bonds is 9. The predicted molar refractivity (Wildman–Crippen MR) is 327 cm³/mol. The van der Waals surface area contributed by atoms with Gasteiger partial charge >= 0.3 is 0 Å². The fourth-order valence-electron chi connectivity index (χ4n) is 12.2. The molecule has 15 aromatic rings. The van der Waals surface area contributed by atoms with Gasteiger partial charge in [-0.2, -0.15) is 0 Å². The number of nitrogens with zero attached hydrogens (tertiary/aromatic N) is 2. The number of anilines is 6. The molecule has 0 fully saturated rings. The average Bonchev–Trinajstić information content (AvgIpc) is 4.01. The van der Waals surface area contributed by atoms with E-state index in [1.54, 1.807) is 0 Å². The van der Waals surface area contributed by atoms with Crippen LogP contribution in [0, 0.1) is 0 Å². The topological polar surface area (TPSA) is 19.6 Å². The van der Waals surface area contributed by atoms with Crippen molar-refractivity contribution in [3.8, 4) is 33.4 Å². The summed E-state index contributed by atoms with van der Waals surface area (Å²) in [5, 5.41) is 13.9. The summed E-state index contributed by atoms with van der Waals surface area (Å²) in [4.78, 5) is 4.89. The van der Waals surface area contributed by atoms with Gasteiger partial charge in [-0.3, -0.25) is 0 Å². The zero-order valence-corrected chi connectivity index (χ0v) is 42.0. The molecule has 0 aliphatic heterocycles. The van der Waals surface area contributed by atoms with Gasteiger partial charge in [0.05, 0.1) is 17.1 Å². The van der Waals surface area contributed by atoms with Crippen LogP contribution in [0.5, 0.6) is 0 Å². The molecule has 0 bridgehead atoms. The summed E-state index contributed by atoms with van der Waals surface area (Å²) < 4.78 is 6.98. The van der Waals surface area contributed by atoms with Crippen molar-refractivity contribution >= 4 is 110 Å². The molecule has 0 aliphatic rings. The Bertz CT molecular complexity index is 4660. The fourth-order valence-corrected chi connectivity index (χ4v) is 12.2. The first-order valence-corrected chi connectivity index (χ1v) is 26.4. The molecule has 77 heavy (non-hydrogen) atoms. The van der Waals surface area contributed by atoms with Crippen molar-refractivity contribution in [3.05, 3.63) is 291 Å². The van der Waals surface area contributed by atoms with E-state index in [0.29, 0.717) is 0 Å². The lowest BCUT2D eigenvalue weighted by Gasteiger charge is -2.31. The van der Waals surface area contributed by atoms with Crippen LogP contribution < -0.4 is 9.80 Å². The molecule has 15 rings (SSSR count). The minimum Gasteiger partial charge on any atom is -0.456 e. The quantitative estimate of drug-likeness (QED) is 0.134. The molecule has 1 aromatic heterocycles. The first kappa shape index (κ1) is 44.3. The lowest BCUT2D eigenvalue weighted by atomic mass is 9.87. The summed E-state index contributed by atoms with van der Waals surface area (Å²) >= 11 is 0. The molecule has 0 unspecified atom stereocenters. The maximum absolute atomic E-state index is 6.98. The molecule has 360 valence electrons. The summed E-state index contributed by atoms with van der Waals surface area (Å²) in [5.41, 5.74) is 15.3. The van der Waals surface area contributed by atoms with Crippen LogP contribution in [0.1, 0.15) is 0 Å². The first-order valence-electron chi connectivity index (χ1n) is 26.4. The Morgan fingerprint density at radius 2 is 0.675 bits per heavy atom. The van der Waals surface area contributed by atoms with Crippen LogP contribution in [0.4, 0.5) is 34.1 Å². The van der Waals surface area contributed by atoms with Gasteiger partial charge in [0.2, 0.25) is 0 Å². The van der Waals surface area contributed by atoms with Crippen LogP contribution in [0.2, 0.25) is 0 Å². The number of furan rings is 1. The molecular weight excluding hydrogens is 933 g/mol. The van der Waals surface area contributed by atoms with Gasteiger partial charge in [-0.05, 0) is 114 Å². The molecule has 0 amide bonds. The molecule has 0 saturated heterocycles. The highest BCUT2D eigenvalue weighted by molar-refractivity contribution is 6.30. The molecule has 3 nitrogen and oxygen atoms in total. The van der Waals surface area contributed by atoms with Crippen LogP contribution >= 0.6 is 0 Å². The Hall–Kier alpha value is -10.2.